The molecule has 0 bridgehead atoms. The van der Waals surface area contributed by atoms with Crippen LogP contribution in [0.15, 0.2) is 39.5 Å². The Balaban J connectivity index is 2.11. The second-order valence-corrected chi connectivity index (χ2v) is 6.06. The number of fused-ring (bicyclic) bond motifs is 1. The number of thiophene rings is 1. The van der Waals surface area contributed by atoms with E-state index in [1.165, 1.54) is 24.3 Å². The van der Waals surface area contributed by atoms with Crippen LogP contribution < -0.4 is 11.4 Å². The molecule has 3 rings (SSSR count). The van der Waals surface area contributed by atoms with Crippen LogP contribution in [0, 0.1) is 10.1 Å². The topological polar surface area (TPSA) is 126 Å². The van der Waals surface area contributed by atoms with Crippen molar-refractivity contribution in [3.63, 3.8) is 0 Å². The third-order valence-corrected chi connectivity index (χ3v) is 4.60. The highest BCUT2D eigenvalue weighted by molar-refractivity contribution is 7.21. The lowest BCUT2D eigenvalue weighted by molar-refractivity contribution is -0.384. The van der Waals surface area contributed by atoms with Crippen molar-refractivity contribution in [3.05, 3.63) is 55.7 Å². The molecule has 0 aliphatic carbocycles. The van der Waals surface area contributed by atoms with Crippen LogP contribution in [0.5, 0.6) is 0 Å². The Kier molecular flexibility index (Phi) is 4.24. The van der Waals surface area contributed by atoms with Gasteiger partial charge in [0.25, 0.3) is 5.69 Å². The molecule has 8 nitrogen and oxygen atoms in total. The number of benzene rings is 1. The van der Waals surface area contributed by atoms with Crippen LogP contribution >= 0.6 is 11.3 Å². The molecule has 0 atom stereocenters. The third kappa shape index (κ3) is 2.96. The van der Waals surface area contributed by atoms with Gasteiger partial charge in [0, 0.05) is 22.4 Å². The summed E-state index contributed by atoms with van der Waals surface area (Å²) >= 11 is 1.04. The maximum absolute atomic E-state index is 12.3. The molecule has 1 aromatic carbocycles. The van der Waals surface area contributed by atoms with Crippen molar-refractivity contribution in [2.45, 2.75) is 6.92 Å². The fraction of sp³-hybridized carbons (Fsp3) is 0.125. The summed E-state index contributed by atoms with van der Waals surface area (Å²) < 4.78 is 10.7. The second-order valence-electron chi connectivity index (χ2n) is 5.01. The molecule has 0 saturated carbocycles. The molecule has 0 unspecified atom stereocenters. The number of carbonyl (C=O) groups is 1. The summed E-state index contributed by atoms with van der Waals surface area (Å²) in [4.78, 5) is 34.5. The van der Waals surface area contributed by atoms with Crippen LogP contribution in [-0.2, 0) is 4.74 Å². The highest BCUT2D eigenvalue weighted by atomic mass is 32.1. The van der Waals surface area contributed by atoms with Gasteiger partial charge >= 0.3 is 11.6 Å². The number of hydrogen-bond donors (Lipinski definition) is 1. The lowest BCUT2D eigenvalue weighted by atomic mass is 10.1. The van der Waals surface area contributed by atoms with Crippen LogP contribution in [0.1, 0.15) is 16.6 Å². The number of esters is 1. The SMILES string of the molecule is CCOC(=O)c1sc2cc(-c3ccc([N+](=O)[O-])cc3)oc(=O)c2c1N. The maximum Gasteiger partial charge on any atom is 0.350 e. The number of anilines is 1. The van der Waals surface area contributed by atoms with Crippen molar-refractivity contribution >= 4 is 38.8 Å². The Morgan fingerprint density at radius 1 is 1.36 bits per heavy atom. The highest BCUT2D eigenvalue weighted by Gasteiger charge is 2.21. The van der Waals surface area contributed by atoms with Crippen molar-refractivity contribution in [3.8, 4) is 11.3 Å². The van der Waals surface area contributed by atoms with Crippen LogP contribution in [-0.4, -0.2) is 17.5 Å². The van der Waals surface area contributed by atoms with Gasteiger partial charge in [-0.2, -0.15) is 0 Å². The number of nitrogen functional groups attached to an aromatic ring is 1. The largest absolute Gasteiger partial charge is 0.462 e. The van der Waals surface area contributed by atoms with Gasteiger partial charge in [-0.25, -0.2) is 9.59 Å². The fourth-order valence-corrected chi connectivity index (χ4v) is 3.35. The van der Waals surface area contributed by atoms with Crippen molar-refractivity contribution in [2.24, 2.45) is 0 Å². The average molecular weight is 360 g/mol. The summed E-state index contributed by atoms with van der Waals surface area (Å²) in [5.41, 5.74) is 5.66. The molecular formula is C16H12N2O6S. The predicted molar refractivity (Wildman–Crippen MR) is 92.8 cm³/mol. The van der Waals surface area contributed by atoms with Gasteiger partial charge < -0.3 is 14.9 Å². The summed E-state index contributed by atoms with van der Waals surface area (Å²) in [6.07, 6.45) is 0. The first kappa shape index (κ1) is 16.7. The van der Waals surface area contributed by atoms with Crippen molar-refractivity contribution < 1.29 is 18.9 Å². The molecule has 2 N–H and O–H groups in total. The summed E-state index contributed by atoms with van der Waals surface area (Å²) in [5, 5.41) is 10.8. The van der Waals surface area contributed by atoms with E-state index in [-0.39, 0.29) is 34.0 Å². The lowest BCUT2D eigenvalue weighted by Crippen LogP contribution is -2.06. The molecule has 2 aromatic heterocycles. The molecule has 0 radical (unpaired) electrons. The summed E-state index contributed by atoms with van der Waals surface area (Å²) in [6.45, 7) is 1.86. The van der Waals surface area contributed by atoms with Gasteiger partial charge in [0.05, 0.1) is 17.2 Å². The Morgan fingerprint density at radius 2 is 2.04 bits per heavy atom. The molecule has 9 heteroatoms. The van der Waals surface area contributed by atoms with Gasteiger partial charge in [0.15, 0.2) is 0 Å². The molecule has 3 aromatic rings. The Bertz CT molecular complexity index is 1040. The summed E-state index contributed by atoms with van der Waals surface area (Å²) in [5.74, 6) is -0.374. The molecule has 0 aliphatic heterocycles. The van der Waals surface area contributed by atoms with Gasteiger partial charge in [0.1, 0.15) is 16.0 Å². The standard InChI is InChI=1S/C16H12N2O6S/c1-2-23-16(20)14-13(17)12-11(25-14)7-10(24-15(12)19)8-3-5-9(6-4-8)18(21)22/h3-7H,2,17H2,1H3. The Labute approximate surface area is 144 Å². The Morgan fingerprint density at radius 3 is 2.64 bits per heavy atom. The minimum absolute atomic E-state index is 0.0300. The molecule has 128 valence electrons. The molecular weight excluding hydrogens is 348 g/mol. The van der Waals surface area contributed by atoms with Crippen molar-refractivity contribution in [1.82, 2.24) is 0 Å². The van der Waals surface area contributed by atoms with E-state index in [1.807, 2.05) is 0 Å². The number of ether oxygens (including phenoxy) is 1. The van der Waals surface area contributed by atoms with Gasteiger partial charge in [-0.05, 0) is 25.1 Å². The van der Waals surface area contributed by atoms with Crippen LogP contribution in [0.25, 0.3) is 21.4 Å². The molecule has 0 saturated heterocycles. The third-order valence-electron chi connectivity index (χ3n) is 3.46. The smallest absolute Gasteiger partial charge is 0.350 e. The highest BCUT2D eigenvalue weighted by Crippen LogP contribution is 2.34. The number of nitrogens with zero attached hydrogens (tertiary/aromatic N) is 1. The van der Waals surface area contributed by atoms with Gasteiger partial charge in [-0.1, -0.05) is 0 Å². The minimum atomic E-state index is -0.685. The second kappa shape index (κ2) is 6.36. The molecule has 0 amide bonds. The van der Waals surface area contributed by atoms with Crippen molar-refractivity contribution in [1.29, 1.82) is 0 Å². The number of non-ortho nitro benzene ring substituents is 1. The van der Waals surface area contributed by atoms with E-state index in [4.69, 9.17) is 14.9 Å². The number of nitro benzene ring substituents is 1. The zero-order valence-corrected chi connectivity index (χ0v) is 13.8. The van der Waals surface area contributed by atoms with E-state index in [2.05, 4.69) is 0 Å². The first-order valence-electron chi connectivity index (χ1n) is 7.20. The average Bonchev–Trinajstić information content (AvgIpc) is 2.92. The van der Waals surface area contributed by atoms with Crippen LogP contribution in [0.3, 0.4) is 0 Å². The van der Waals surface area contributed by atoms with E-state index in [0.29, 0.717) is 10.3 Å². The number of rotatable bonds is 4. The minimum Gasteiger partial charge on any atom is -0.462 e. The molecule has 0 spiro atoms. The Hall–Kier alpha value is -3.20. The van der Waals surface area contributed by atoms with Crippen molar-refractivity contribution in [2.75, 3.05) is 12.3 Å². The van der Waals surface area contributed by atoms with Gasteiger partial charge in [0.2, 0.25) is 0 Å². The number of hydrogen-bond acceptors (Lipinski definition) is 8. The maximum atomic E-state index is 12.3. The zero-order valence-electron chi connectivity index (χ0n) is 13.0. The lowest BCUT2D eigenvalue weighted by Gasteiger charge is -2.00. The molecule has 2 heterocycles. The predicted octanol–water partition coefficient (Wildman–Crippen LogP) is 3.19. The normalized spacial score (nSPS) is 10.8. The number of carbonyl (C=O) groups excluding carboxylic acids is 1. The van der Waals surface area contributed by atoms with E-state index in [9.17, 15) is 19.7 Å². The first-order chi connectivity index (χ1) is 11.9. The molecule has 0 fully saturated rings. The zero-order chi connectivity index (χ0) is 18.1. The van der Waals surface area contributed by atoms with Gasteiger partial charge in [-0.15, -0.1) is 11.3 Å². The van der Waals surface area contributed by atoms with Gasteiger partial charge in [-0.3, -0.25) is 10.1 Å². The molecule has 0 aliphatic rings. The van der Waals surface area contributed by atoms with E-state index in [1.54, 1.807) is 13.0 Å². The summed E-state index contributed by atoms with van der Waals surface area (Å²) in [7, 11) is 0. The van der Waals surface area contributed by atoms with Crippen LogP contribution in [0.2, 0.25) is 0 Å². The number of nitro groups is 1. The fourth-order valence-electron chi connectivity index (χ4n) is 2.31. The van der Waals surface area contributed by atoms with Crippen LogP contribution in [0.4, 0.5) is 11.4 Å². The molecule has 25 heavy (non-hydrogen) atoms. The first-order valence-corrected chi connectivity index (χ1v) is 8.02. The monoisotopic (exact) mass is 360 g/mol. The summed E-state index contributed by atoms with van der Waals surface area (Å²) in [6, 6.07) is 7.15. The quantitative estimate of drug-likeness (QED) is 0.430. The number of nitrogens with two attached hydrogens (primary N) is 1. The van der Waals surface area contributed by atoms with E-state index >= 15 is 0 Å². The van der Waals surface area contributed by atoms with E-state index in [0.717, 1.165) is 11.3 Å². The van der Waals surface area contributed by atoms with E-state index < -0.39 is 16.5 Å².